The minimum atomic E-state index is -0.332. The van der Waals surface area contributed by atoms with Crippen LogP contribution in [0.3, 0.4) is 0 Å². The van der Waals surface area contributed by atoms with E-state index in [1.54, 1.807) is 22.6 Å². The molecule has 1 aromatic heterocycles. The number of amides is 2. The van der Waals surface area contributed by atoms with Crippen LogP contribution >= 0.6 is 0 Å². The van der Waals surface area contributed by atoms with Crippen molar-refractivity contribution in [3.05, 3.63) is 40.4 Å². The Kier molecular flexibility index (Phi) is 7.22. The number of benzene rings is 1. The molecule has 0 saturated heterocycles. The van der Waals surface area contributed by atoms with E-state index < -0.39 is 0 Å². The molecule has 0 aliphatic carbocycles. The lowest BCUT2D eigenvalue weighted by atomic mass is 10.1. The van der Waals surface area contributed by atoms with Crippen LogP contribution in [0.2, 0.25) is 0 Å². The van der Waals surface area contributed by atoms with Crippen molar-refractivity contribution in [2.45, 2.75) is 71.9 Å². The summed E-state index contributed by atoms with van der Waals surface area (Å²) >= 11 is 0. The molecule has 1 aromatic carbocycles. The van der Waals surface area contributed by atoms with Gasteiger partial charge < -0.3 is 10.2 Å². The third-order valence-corrected chi connectivity index (χ3v) is 4.85. The number of unbranched alkanes of at least 4 members (excludes halogenated alkanes) is 3. The van der Waals surface area contributed by atoms with E-state index in [2.05, 4.69) is 12.2 Å². The monoisotopic (exact) mass is 386 g/mol. The van der Waals surface area contributed by atoms with Crippen LogP contribution in [0.5, 0.6) is 0 Å². The summed E-state index contributed by atoms with van der Waals surface area (Å²) in [5.41, 5.74) is 0.241. The van der Waals surface area contributed by atoms with Crippen molar-refractivity contribution < 1.29 is 4.79 Å². The van der Waals surface area contributed by atoms with Gasteiger partial charge in [0.2, 0.25) is 0 Å². The molecule has 1 atom stereocenters. The number of carbonyl (C=O) groups excluding carboxylic acids is 1. The number of hydrogen-bond donors (Lipinski definition) is 1. The highest BCUT2D eigenvalue weighted by Crippen LogP contribution is 2.21. The van der Waals surface area contributed by atoms with Gasteiger partial charge >= 0.3 is 6.03 Å². The van der Waals surface area contributed by atoms with Crippen LogP contribution in [0.15, 0.2) is 29.1 Å². The van der Waals surface area contributed by atoms with Crippen LogP contribution in [0, 0.1) is 0 Å². The average molecular weight is 387 g/mol. The van der Waals surface area contributed by atoms with Gasteiger partial charge in [-0.3, -0.25) is 9.36 Å². The first-order valence-electron chi connectivity index (χ1n) is 10.2. The van der Waals surface area contributed by atoms with E-state index in [1.807, 2.05) is 45.9 Å². The summed E-state index contributed by atoms with van der Waals surface area (Å²) in [7, 11) is 1.73. The van der Waals surface area contributed by atoms with Crippen molar-refractivity contribution in [1.29, 1.82) is 0 Å². The highest BCUT2D eigenvalue weighted by molar-refractivity contribution is 5.78. The van der Waals surface area contributed by atoms with E-state index in [0.29, 0.717) is 23.3 Å². The van der Waals surface area contributed by atoms with Gasteiger partial charge in [0, 0.05) is 19.1 Å². The van der Waals surface area contributed by atoms with Crippen LogP contribution < -0.4 is 10.9 Å². The Morgan fingerprint density at radius 2 is 1.89 bits per heavy atom. The second-order valence-corrected chi connectivity index (χ2v) is 8.46. The second-order valence-electron chi connectivity index (χ2n) is 8.46. The Labute approximate surface area is 168 Å². The summed E-state index contributed by atoms with van der Waals surface area (Å²) in [6.45, 7) is 10.6. The molecule has 0 aliphatic heterocycles. The Morgan fingerprint density at radius 3 is 2.54 bits per heavy atom. The van der Waals surface area contributed by atoms with Crippen molar-refractivity contribution in [1.82, 2.24) is 19.8 Å². The van der Waals surface area contributed by atoms with E-state index in [4.69, 9.17) is 4.98 Å². The van der Waals surface area contributed by atoms with Gasteiger partial charge in [-0.25, -0.2) is 9.78 Å². The molecule has 0 aliphatic rings. The normalized spacial score (nSPS) is 12.8. The van der Waals surface area contributed by atoms with Gasteiger partial charge in [-0.05, 0) is 46.2 Å². The molecule has 6 nitrogen and oxygen atoms in total. The van der Waals surface area contributed by atoms with Crippen LogP contribution in [0.1, 0.15) is 72.2 Å². The Hall–Kier alpha value is -2.37. The first kappa shape index (κ1) is 21.9. The van der Waals surface area contributed by atoms with Gasteiger partial charge in [0.15, 0.2) is 0 Å². The summed E-state index contributed by atoms with van der Waals surface area (Å²) in [4.78, 5) is 32.3. The highest BCUT2D eigenvalue weighted by atomic mass is 16.2. The number of rotatable bonds is 7. The van der Waals surface area contributed by atoms with E-state index >= 15 is 0 Å². The molecule has 0 spiro atoms. The van der Waals surface area contributed by atoms with Crippen LogP contribution in [-0.4, -0.2) is 32.6 Å². The van der Waals surface area contributed by atoms with Crippen molar-refractivity contribution in [3.63, 3.8) is 0 Å². The van der Waals surface area contributed by atoms with Crippen molar-refractivity contribution in [2.75, 3.05) is 6.54 Å². The summed E-state index contributed by atoms with van der Waals surface area (Å²) in [5, 5.41) is 3.65. The van der Waals surface area contributed by atoms with Crippen molar-refractivity contribution in [3.8, 4) is 0 Å². The second kappa shape index (κ2) is 9.22. The van der Waals surface area contributed by atoms with Gasteiger partial charge in [-0.15, -0.1) is 0 Å². The third kappa shape index (κ3) is 5.33. The maximum absolute atomic E-state index is 13.0. The molecule has 1 N–H and O–H groups in total. The fourth-order valence-electron chi connectivity index (χ4n) is 3.32. The third-order valence-electron chi connectivity index (χ3n) is 4.85. The molecular weight excluding hydrogens is 352 g/mol. The molecule has 0 fully saturated rings. The van der Waals surface area contributed by atoms with Crippen molar-refractivity contribution >= 4 is 16.9 Å². The Morgan fingerprint density at radius 1 is 1.21 bits per heavy atom. The smallest absolute Gasteiger partial charge is 0.318 e. The molecule has 0 radical (unpaired) electrons. The van der Waals surface area contributed by atoms with Gasteiger partial charge in [0.05, 0.1) is 16.9 Å². The topological polar surface area (TPSA) is 67.2 Å². The lowest BCUT2D eigenvalue weighted by Crippen LogP contribution is -2.50. The molecule has 6 heteroatoms. The summed E-state index contributed by atoms with van der Waals surface area (Å²) < 4.78 is 1.57. The predicted molar refractivity (Wildman–Crippen MR) is 115 cm³/mol. The number of nitrogens with one attached hydrogen (secondary N) is 1. The summed E-state index contributed by atoms with van der Waals surface area (Å²) in [6, 6.07) is 6.90. The van der Waals surface area contributed by atoms with E-state index in [1.165, 1.54) is 0 Å². The SMILES string of the molecule is CCCCCCN(C(=O)NC(C)(C)C)C(C)c1nc2ccccc2c(=O)n1C. The largest absolute Gasteiger partial charge is 0.333 e. The zero-order chi connectivity index (χ0) is 20.9. The minimum absolute atomic E-state index is 0.0883. The van der Waals surface area contributed by atoms with Crippen LogP contribution in [-0.2, 0) is 7.05 Å². The van der Waals surface area contributed by atoms with Gasteiger partial charge in [-0.2, -0.15) is 0 Å². The fourth-order valence-corrected chi connectivity index (χ4v) is 3.32. The standard InChI is InChI=1S/C22H34N4O2/c1-7-8-9-12-15-26(21(28)24-22(3,4)5)16(2)19-23-18-14-11-10-13-17(18)20(27)25(19)6/h10-11,13-14,16H,7-9,12,15H2,1-6H3,(H,24,28). The molecule has 28 heavy (non-hydrogen) atoms. The molecule has 0 saturated carbocycles. The number of para-hydroxylation sites is 1. The van der Waals surface area contributed by atoms with Crippen molar-refractivity contribution in [2.24, 2.45) is 7.05 Å². The first-order valence-corrected chi connectivity index (χ1v) is 10.2. The number of nitrogens with zero attached hydrogens (tertiary/aromatic N) is 3. The van der Waals surface area contributed by atoms with E-state index in [9.17, 15) is 9.59 Å². The summed E-state index contributed by atoms with van der Waals surface area (Å²) in [6.07, 6.45) is 4.30. The van der Waals surface area contributed by atoms with E-state index in [0.717, 1.165) is 25.7 Å². The Balaban J connectivity index is 2.38. The zero-order valence-electron chi connectivity index (χ0n) is 18.1. The van der Waals surface area contributed by atoms with Crippen LogP contribution in [0.25, 0.3) is 10.9 Å². The molecular formula is C22H34N4O2. The Bertz CT molecular complexity index is 867. The maximum Gasteiger partial charge on any atom is 0.318 e. The molecule has 1 unspecified atom stereocenters. The quantitative estimate of drug-likeness (QED) is 0.718. The van der Waals surface area contributed by atoms with Crippen LogP contribution in [0.4, 0.5) is 4.79 Å². The average Bonchev–Trinajstić information content (AvgIpc) is 2.62. The lowest BCUT2D eigenvalue weighted by Gasteiger charge is -2.33. The fraction of sp³-hybridized carbons (Fsp3) is 0.591. The molecule has 154 valence electrons. The number of fused-ring (bicyclic) bond motifs is 1. The molecule has 2 rings (SSSR count). The molecule has 2 amide bonds. The number of urea groups is 1. The zero-order valence-corrected chi connectivity index (χ0v) is 18.1. The number of carbonyl (C=O) groups is 1. The maximum atomic E-state index is 13.0. The molecule has 1 heterocycles. The number of aromatic nitrogens is 2. The molecule has 0 bridgehead atoms. The van der Waals surface area contributed by atoms with E-state index in [-0.39, 0.29) is 23.2 Å². The van der Waals surface area contributed by atoms with Gasteiger partial charge in [0.25, 0.3) is 5.56 Å². The number of hydrogen-bond acceptors (Lipinski definition) is 3. The minimum Gasteiger partial charge on any atom is -0.333 e. The predicted octanol–water partition coefficient (Wildman–Crippen LogP) is 4.38. The first-order chi connectivity index (χ1) is 13.2. The van der Waals surface area contributed by atoms with Gasteiger partial charge in [0.1, 0.15) is 5.82 Å². The summed E-state index contributed by atoms with van der Waals surface area (Å²) in [5.74, 6) is 0.600. The highest BCUT2D eigenvalue weighted by Gasteiger charge is 2.27. The lowest BCUT2D eigenvalue weighted by molar-refractivity contribution is 0.165. The van der Waals surface area contributed by atoms with Gasteiger partial charge in [-0.1, -0.05) is 38.3 Å². The molecule has 2 aromatic rings.